The molecule has 0 spiro atoms. The van der Waals surface area contributed by atoms with Gasteiger partial charge in [0, 0.05) is 12.1 Å². The van der Waals surface area contributed by atoms with E-state index in [4.69, 9.17) is 9.47 Å². The van der Waals surface area contributed by atoms with Crippen LogP contribution < -0.4 is 9.47 Å². The van der Waals surface area contributed by atoms with Gasteiger partial charge in [-0.05, 0) is 62.0 Å². The highest BCUT2D eigenvalue weighted by molar-refractivity contribution is 6.46. The summed E-state index contributed by atoms with van der Waals surface area (Å²) in [7, 11) is 0. The average Bonchev–Trinajstić information content (AvgIpc) is 3.11. The van der Waals surface area contributed by atoms with Gasteiger partial charge in [0.1, 0.15) is 24.7 Å². The van der Waals surface area contributed by atoms with Crippen LogP contribution in [0.3, 0.4) is 0 Å². The number of likely N-dealkylation sites (tertiary alicyclic amines) is 1. The molecule has 1 saturated heterocycles. The van der Waals surface area contributed by atoms with E-state index in [1.54, 1.807) is 30.3 Å². The summed E-state index contributed by atoms with van der Waals surface area (Å²) in [6, 6.07) is 10.5. The van der Waals surface area contributed by atoms with Crippen molar-refractivity contribution in [3.63, 3.8) is 0 Å². The van der Waals surface area contributed by atoms with Crippen LogP contribution in [-0.4, -0.2) is 71.1 Å². The van der Waals surface area contributed by atoms with E-state index in [1.165, 1.54) is 17.0 Å². The molecule has 0 bridgehead atoms. The van der Waals surface area contributed by atoms with Gasteiger partial charge in [0.2, 0.25) is 0 Å². The molecule has 8 heteroatoms. The number of phenols is 1. The molecule has 0 aromatic heterocycles. The van der Waals surface area contributed by atoms with Crippen molar-refractivity contribution in [2.24, 2.45) is 0 Å². The number of rotatable bonds is 8. The van der Waals surface area contributed by atoms with Crippen LogP contribution in [0.1, 0.15) is 37.4 Å². The highest BCUT2D eigenvalue weighted by atomic mass is 16.6. The van der Waals surface area contributed by atoms with Crippen molar-refractivity contribution in [3.8, 4) is 17.2 Å². The fourth-order valence-electron chi connectivity index (χ4n) is 4.46. The Kier molecular flexibility index (Phi) is 7.07. The van der Waals surface area contributed by atoms with Crippen molar-refractivity contribution in [2.75, 3.05) is 39.4 Å². The normalized spacial score (nSPS) is 19.1. The largest absolute Gasteiger partial charge is 0.508 e. The van der Waals surface area contributed by atoms with Crippen molar-refractivity contribution >= 4 is 17.4 Å². The molecular weight excluding hydrogens is 436 g/mol. The Morgan fingerprint density at radius 3 is 2.38 bits per heavy atom. The van der Waals surface area contributed by atoms with E-state index < -0.39 is 17.7 Å². The minimum absolute atomic E-state index is 0.0233. The summed E-state index contributed by atoms with van der Waals surface area (Å²) in [5.41, 5.74) is 1.03. The van der Waals surface area contributed by atoms with Crippen molar-refractivity contribution < 1.29 is 29.3 Å². The van der Waals surface area contributed by atoms with Crippen LogP contribution in [0.2, 0.25) is 0 Å². The van der Waals surface area contributed by atoms with Crippen LogP contribution in [0.25, 0.3) is 5.76 Å². The van der Waals surface area contributed by atoms with Gasteiger partial charge >= 0.3 is 0 Å². The number of aromatic hydroxyl groups is 1. The number of Topliss-reactive ketones (excluding diaryl/α,β-unsaturated/α-hetero) is 1. The first-order chi connectivity index (χ1) is 16.4. The first-order valence-electron chi connectivity index (χ1n) is 11.6. The number of aliphatic hydroxyl groups excluding tert-OH is 1. The highest BCUT2D eigenvalue weighted by Gasteiger charge is 2.45. The molecule has 2 N–H and O–H groups in total. The third kappa shape index (κ3) is 4.59. The molecule has 2 aliphatic heterocycles. The molecule has 2 heterocycles. The number of ether oxygens (including phenoxy) is 2. The van der Waals surface area contributed by atoms with Gasteiger partial charge in [-0.15, -0.1) is 0 Å². The molecule has 180 valence electrons. The number of fused-ring (bicyclic) bond motifs is 1. The van der Waals surface area contributed by atoms with Crippen LogP contribution in [0.4, 0.5) is 0 Å². The minimum atomic E-state index is -0.759. The lowest BCUT2D eigenvalue weighted by molar-refractivity contribution is -0.140. The summed E-state index contributed by atoms with van der Waals surface area (Å²) < 4.78 is 11.2. The predicted octanol–water partition coefficient (Wildman–Crippen LogP) is 3.32. The maximum atomic E-state index is 13.2. The maximum absolute atomic E-state index is 13.2. The van der Waals surface area contributed by atoms with E-state index in [0.717, 1.165) is 19.6 Å². The van der Waals surface area contributed by atoms with E-state index >= 15 is 0 Å². The molecule has 4 rings (SSSR count). The second-order valence-electron chi connectivity index (χ2n) is 8.32. The quantitative estimate of drug-likeness (QED) is 0.350. The number of carbonyl (C=O) groups excluding carboxylic acids is 2. The van der Waals surface area contributed by atoms with E-state index in [1.807, 2.05) is 0 Å². The molecule has 2 aromatic carbocycles. The summed E-state index contributed by atoms with van der Waals surface area (Å²) in [5, 5.41) is 21.0. The van der Waals surface area contributed by atoms with E-state index in [9.17, 15) is 19.8 Å². The van der Waals surface area contributed by atoms with E-state index in [0.29, 0.717) is 48.8 Å². The second kappa shape index (κ2) is 10.2. The van der Waals surface area contributed by atoms with Gasteiger partial charge in [0.05, 0.1) is 11.6 Å². The Morgan fingerprint density at radius 2 is 1.71 bits per heavy atom. The molecule has 0 radical (unpaired) electrons. The predicted molar refractivity (Wildman–Crippen MR) is 127 cm³/mol. The summed E-state index contributed by atoms with van der Waals surface area (Å²) in [5.74, 6) is -0.515. The second-order valence-corrected chi connectivity index (χ2v) is 8.32. The zero-order chi connectivity index (χ0) is 24.2. The number of ketones is 1. The molecule has 0 aliphatic carbocycles. The van der Waals surface area contributed by atoms with Gasteiger partial charge in [-0.25, -0.2) is 0 Å². The van der Waals surface area contributed by atoms with Crippen LogP contribution in [0.5, 0.6) is 17.2 Å². The number of amides is 1. The summed E-state index contributed by atoms with van der Waals surface area (Å²) in [6.45, 7) is 7.96. The Morgan fingerprint density at radius 1 is 1.03 bits per heavy atom. The summed E-state index contributed by atoms with van der Waals surface area (Å²) in [6.07, 6.45) is 0.688. The Hall–Kier alpha value is -3.52. The van der Waals surface area contributed by atoms with Gasteiger partial charge in [-0.2, -0.15) is 0 Å². The zero-order valence-corrected chi connectivity index (χ0v) is 19.5. The number of carbonyl (C=O) groups is 2. The Labute approximate surface area is 199 Å². The zero-order valence-electron chi connectivity index (χ0n) is 19.5. The molecule has 8 nitrogen and oxygen atoms in total. The van der Waals surface area contributed by atoms with Gasteiger partial charge in [-0.3, -0.25) is 9.59 Å². The third-order valence-corrected chi connectivity index (χ3v) is 6.33. The number of hydrogen-bond acceptors (Lipinski definition) is 7. The Bertz CT molecular complexity index is 1090. The summed E-state index contributed by atoms with van der Waals surface area (Å²) in [4.78, 5) is 30.0. The van der Waals surface area contributed by atoms with E-state index in [2.05, 4.69) is 18.7 Å². The molecular formula is C26H30N2O6. The topological polar surface area (TPSA) is 99.5 Å². The van der Waals surface area contributed by atoms with Gasteiger partial charge < -0.3 is 29.5 Å². The minimum Gasteiger partial charge on any atom is -0.508 e. The molecule has 0 saturated carbocycles. The van der Waals surface area contributed by atoms with Crippen LogP contribution in [0.15, 0.2) is 48.0 Å². The van der Waals surface area contributed by atoms with Gasteiger partial charge in [-0.1, -0.05) is 26.0 Å². The molecule has 2 aliphatic rings. The SMILES string of the molecule is CCN(CC)CCCN1C(=O)C(=O)/C(=C(/O)c2ccc3c(c2)OCCO3)[C@H]1c1ccc(O)cc1. The van der Waals surface area contributed by atoms with Crippen LogP contribution in [0, 0.1) is 0 Å². The number of benzene rings is 2. The van der Waals surface area contributed by atoms with Crippen LogP contribution >= 0.6 is 0 Å². The number of nitrogens with zero attached hydrogens (tertiary/aromatic N) is 2. The Balaban J connectivity index is 1.72. The number of aliphatic hydroxyl groups is 1. The first-order valence-corrected chi connectivity index (χ1v) is 11.6. The fourth-order valence-corrected chi connectivity index (χ4v) is 4.46. The lowest BCUT2D eigenvalue weighted by atomic mass is 9.95. The number of hydrogen-bond donors (Lipinski definition) is 2. The fraction of sp³-hybridized carbons (Fsp3) is 0.385. The summed E-state index contributed by atoms with van der Waals surface area (Å²) >= 11 is 0. The van der Waals surface area contributed by atoms with Crippen molar-refractivity contribution in [2.45, 2.75) is 26.3 Å². The lowest BCUT2D eigenvalue weighted by Crippen LogP contribution is -2.33. The molecule has 2 aromatic rings. The van der Waals surface area contributed by atoms with Crippen LogP contribution in [-0.2, 0) is 9.59 Å². The van der Waals surface area contributed by atoms with Crippen molar-refractivity contribution in [1.29, 1.82) is 0 Å². The smallest absolute Gasteiger partial charge is 0.295 e. The molecule has 1 atom stereocenters. The first kappa shape index (κ1) is 23.6. The third-order valence-electron chi connectivity index (χ3n) is 6.33. The van der Waals surface area contributed by atoms with Crippen molar-refractivity contribution in [1.82, 2.24) is 9.80 Å². The highest BCUT2D eigenvalue weighted by Crippen LogP contribution is 2.41. The van der Waals surface area contributed by atoms with E-state index in [-0.39, 0.29) is 17.1 Å². The van der Waals surface area contributed by atoms with Gasteiger partial charge in [0.15, 0.2) is 11.5 Å². The van der Waals surface area contributed by atoms with Crippen molar-refractivity contribution in [3.05, 3.63) is 59.2 Å². The maximum Gasteiger partial charge on any atom is 0.295 e. The molecule has 34 heavy (non-hydrogen) atoms. The molecule has 1 fully saturated rings. The molecule has 1 amide bonds. The number of phenolic OH excluding ortho intramolecular Hbond substituents is 1. The average molecular weight is 467 g/mol. The standard InChI is InChI=1S/C26H30N2O6/c1-3-27(4-2)12-5-13-28-23(17-6-9-19(29)10-7-17)22(25(31)26(28)32)24(30)18-8-11-20-21(16-18)34-15-14-33-20/h6-11,16,23,29-30H,3-5,12-15H2,1-2H3/b24-22+/t23-/m1/s1. The lowest BCUT2D eigenvalue weighted by Gasteiger charge is -2.27. The van der Waals surface area contributed by atoms with Gasteiger partial charge in [0.25, 0.3) is 11.7 Å². The monoisotopic (exact) mass is 466 g/mol. The molecule has 0 unspecified atom stereocenters.